The number of nitrogens with one attached hydrogen (secondary N) is 1. The lowest BCUT2D eigenvalue weighted by Crippen LogP contribution is -2.48. The highest BCUT2D eigenvalue weighted by molar-refractivity contribution is 7.98. The first-order chi connectivity index (χ1) is 10.2. The Hall–Kier alpha value is -0.520. The first kappa shape index (κ1) is 14.1. The smallest absolute Gasteiger partial charge is 0.263 e. The lowest BCUT2D eigenvalue weighted by atomic mass is 9.98. The van der Waals surface area contributed by atoms with E-state index < -0.39 is 0 Å². The van der Waals surface area contributed by atoms with Crippen LogP contribution in [0.1, 0.15) is 45.8 Å². The highest BCUT2D eigenvalue weighted by Gasteiger charge is 2.36. The number of carbonyl (C=O) groups excluding carboxylic acids is 1. The largest absolute Gasteiger partial charge is 0.338 e. The molecule has 4 heterocycles. The fourth-order valence-corrected chi connectivity index (χ4v) is 6.29. The van der Waals surface area contributed by atoms with E-state index in [0.29, 0.717) is 18.1 Å². The number of thioether (sulfide) groups is 1. The van der Waals surface area contributed by atoms with Crippen molar-refractivity contribution in [2.24, 2.45) is 0 Å². The van der Waals surface area contributed by atoms with Crippen LogP contribution in [0.15, 0.2) is 6.07 Å². The van der Waals surface area contributed by atoms with Crippen LogP contribution in [0.2, 0.25) is 0 Å². The monoisotopic (exact) mass is 322 g/mol. The van der Waals surface area contributed by atoms with Crippen LogP contribution in [0, 0.1) is 0 Å². The molecule has 0 aliphatic carbocycles. The number of amides is 1. The lowest BCUT2D eigenvalue weighted by Gasteiger charge is -2.35. The Morgan fingerprint density at radius 3 is 2.81 bits per heavy atom. The summed E-state index contributed by atoms with van der Waals surface area (Å²) in [5.74, 6) is 2.53. The maximum Gasteiger partial charge on any atom is 0.263 e. The summed E-state index contributed by atoms with van der Waals surface area (Å²) in [5, 5.41) is 3.66. The molecule has 4 rings (SSSR count). The summed E-state index contributed by atoms with van der Waals surface area (Å²) in [6.07, 6.45) is 5.96. The second-order valence-corrected chi connectivity index (χ2v) is 8.78. The second kappa shape index (κ2) is 5.60. The molecule has 0 radical (unpaired) electrons. The van der Waals surface area contributed by atoms with Gasteiger partial charge in [-0.05, 0) is 49.5 Å². The van der Waals surface area contributed by atoms with Crippen molar-refractivity contribution in [3.63, 3.8) is 0 Å². The van der Waals surface area contributed by atoms with E-state index in [1.165, 1.54) is 29.0 Å². The normalized spacial score (nSPS) is 31.0. The molecule has 114 valence electrons. The van der Waals surface area contributed by atoms with Crippen molar-refractivity contribution in [2.75, 3.05) is 12.8 Å². The maximum atomic E-state index is 12.8. The molecule has 1 aromatic heterocycles. The molecule has 0 aromatic carbocycles. The number of nitrogens with zero attached hydrogens (tertiary/aromatic N) is 1. The Bertz CT molecular complexity index is 521. The van der Waals surface area contributed by atoms with Gasteiger partial charge in [0.1, 0.15) is 0 Å². The van der Waals surface area contributed by atoms with Gasteiger partial charge in [0.15, 0.2) is 0 Å². The quantitative estimate of drug-likeness (QED) is 0.909. The average molecular weight is 322 g/mol. The molecule has 1 aromatic rings. The Morgan fingerprint density at radius 2 is 2.10 bits per heavy atom. The van der Waals surface area contributed by atoms with Crippen molar-refractivity contribution in [2.45, 2.75) is 56.0 Å². The summed E-state index contributed by atoms with van der Waals surface area (Å²) in [4.78, 5) is 17.2. The van der Waals surface area contributed by atoms with E-state index in [1.807, 2.05) is 23.7 Å². The standard InChI is InChI=1S/C16H22N2OS2/c1-18(13-7-11-2-3-12(8-13)17-11)16(19)15-6-10-9-20-5-4-14(10)21-15/h6,11-13,17H,2-5,7-9H2,1H3. The minimum atomic E-state index is 0.241. The molecule has 3 aliphatic heterocycles. The molecule has 2 saturated heterocycles. The molecule has 3 nitrogen and oxygen atoms in total. The molecule has 2 bridgehead atoms. The zero-order valence-corrected chi connectivity index (χ0v) is 14.1. The van der Waals surface area contributed by atoms with Crippen LogP contribution >= 0.6 is 23.1 Å². The van der Waals surface area contributed by atoms with Gasteiger partial charge in [0.2, 0.25) is 0 Å². The number of piperidine rings is 1. The van der Waals surface area contributed by atoms with Crippen molar-refractivity contribution in [1.82, 2.24) is 10.2 Å². The average Bonchev–Trinajstić information content (AvgIpc) is 3.08. The molecule has 1 N–H and O–H groups in total. The van der Waals surface area contributed by atoms with E-state index in [4.69, 9.17) is 0 Å². The highest BCUT2D eigenvalue weighted by atomic mass is 32.2. The van der Waals surface area contributed by atoms with Gasteiger partial charge in [-0.15, -0.1) is 11.3 Å². The summed E-state index contributed by atoms with van der Waals surface area (Å²) in [6, 6.07) is 3.85. The van der Waals surface area contributed by atoms with Gasteiger partial charge in [0.25, 0.3) is 5.91 Å². The first-order valence-corrected chi connectivity index (χ1v) is 9.90. The first-order valence-electron chi connectivity index (χ1n) is 7.93. The van der Waals surface area contributed by atoms with Gasteiger partial charge in [-0.25, -0.2) is 0 Å². The minimum absolute atomic E-state index is 0.241. The molecule has 5 heteroatoms. The SMILES string of the molecule is CN(C(=O)c1cc2c(s1)CCSC2)C1CC2CCC(C1)N2. The van der Waals surface area contributed by atoms with E-state index in [9.17, 15) is 4.79 Å². The van der Waals surface area contributed by atoms with Crippen LogP contribution in [0.5, 0.6) is 0 Å². The number of thiophene rings is 1. The van der Waals surface area contributed by atoms with E-state index in [1.54, 1.807) is 11.3 Å². The van der Waals surface area contributed by atoms with Crippen molar-refractivity contribution >= 4 is 29.0 Å². The topological polar surface area (TPSA) is 32.3 Å². The molecule has 1 amide bonds. The molecule has 2 fully saturated rings. The van der Waals surface area contributed by atoms with Crippen LogP contribution in [-0.4, -0.2) is 41.7 Å². The van der Waals surface area contributed by atoms with Crippen LogP contribution in [0.25, 0.3) is 0 Å². The van der Waals surface area contributed by atoms with Gasteiger partial charge in [0, 0.05) is 35.8 Å². The lowest BCUT2D eigenvalue weighted by molar-refractivity contribution is 0.0686. The van der Waals surface area contributed by atoms with Crippen LogP contribution in [-0.2, 0) is 12.2 Å². The molecular weight excluding hydrogens is 300 g/mol. The van der Waals surface area contributed by atoms with Crippen molar-refractivity contribution in [3.8, 4) is 0 Å². The van der Waals surface area contributed by atoms with Gasteiger partial charge in [0.05, 0.1) is 4.88 Å². The third-order valence-electron chi connectivity index (χ3n) is 5.15. The number of aryl methyl sites for hydroxylation is 1. The van der Waals surface area contributed by atoms with Gasteiger partial charge in [-0.3, -0.25) is 4.79 Å². The zero-order chi connectivity index (χ0) is 14.4. The molecule has 21 heavy (non-hydrogen) atoms. The fraction of sp³-hybridized carbons (Fsp3) is 0.688. The fourth-order valence-electron chi connectivity index (χ4n) is 3.94. The predicted octanol–water partition coefficient (Wildman–Crippen LogP) is 2.89. The third kappa shape index (κ3) is 2.64. The summed E-state index contributed by atoms with van der Waals surface area (Å²) in [5.41, 5.74) is 1.40. The van der Waals surface area contributed by atoms with Crippen molar-refractivity contribution in [3.05, 3.63) is 21.4 Å². The summed E-state index contributed by atoms with van der Waals surface area (Å²) in [7, 11) is 2.01. The maximum absolute atomic E-state index is 12.8. The van der Waals surface area contributed by atoms with E-state index in [-0.39, 0.29) is 5.91 Å². The van der Waals surface area contributed by atoms with E-state index >= 15 is 0 Å². The van der Waals surface area contributed by atoms with Crippen LogP contribution in [0.4, 0.5) is 0 Å². The van der Waals surface area contributed by atoms with E-state index in [2.05, 4.69) is 11.4 Å². The van der Waals surface area contributed by atoms with Crippen LogP contribution in [0.3, 0.4) is 0 Å². The van der Waals surface area contributed by atoms with Gasteiger partial charge in [-0.1, -0.05) is 0 Å². The molecule has 3 aliphatic rings. The molecule has 0 saturated carbocycles. The Morgan fingerprint density at radius 1 is 1.33 bits per heavy atom. The second-order valence-electron chi connectivity index (χ2n) is 6.54. The molecular formula is C16H22N2OS2. The Kier molecular flexibility index (Phi) is 3.76. The van der Waals surface area contributed by atoms with Gasteiger partial charge in [-0.2, -0.15) is 11.8 Å². The highest BCUT2D eigenvalue weighted by Crippen LogP contribution is 2.34. The van der Waals surface area contributed by atoms with Crippen molar-refractivity contribution in [1.29, 1.82) is 0 Å². The molecule has 2 unspecified atom stereocenters. The third-order valence-corrected chi connectivity index (χ3v) is 7.39. The number of carbonyl (C=O) groups is 1. The Balaban J connectivity index is 1.50. The number of rotatable bonds is 2. The van der Waals surface area contributed by atoms with Crippen LogP contribution < -0.4 is 5.32 Å². The summed E-state index contributed by atoms with van der Waals surface area (Å²) < 4.78 is 0. The summed E-state index contributed by atoms with van der Waals surface area (Å²) >= 11 is 3.71. The zero-order valence-electron chi connectivity index (χ0n) is 12.4. The van der Waals surface area contributed by atoms with E-state index in [0.717, 1.165) is 29.9 Å². The summed E-state index contributed by atoms with van der Waals surface area (Å²) in [6.45, 7) is 0. The molecule has 2 atom stereocenters. The number of hydrogen-bond donors (Lipinski definition) is 1. The van der Waals surface area contributed by atoms with Crippen molar-refractivity contribution < 1.29 is 4.79 Å². The molecule has 0 spiro atoms. The number of fused-ring (bicyclic) bond motifs is 3. The predicted molar refractivity (Wildman–Crippen MR) is 89.2 cm³/mol. The minimum Gasteiger partial charge on any atom is -0.338 e. The number of hydrogen-bond acceptors (Lipinski definition) is 4. The Labute approximate surface area is 134 Å². The van der Waals surface area contributed by atoms with Gasteiger partial charge >= 0.3 is 0 Å². The van der Waals surface area contributed by atoms with Gasteiger partial charge < -0.3 is 10.2 Å².